The Hall–Kier alpha value is -2.21. The van der Waals surface area contributed by atoms with Gasteiger partial charge in [0, 0.05) is 23.7 Å². The second kappa shape index (κ2) is 10.0. The highest BCUT2D eigenvalue weighted by Gasteiger charge is 2.17. The maximum atomic E-state index is 11.8. The number of carbonyl (C=O) groups excluding carboxylic acids is 1. The third kappa shape index (κ3) is 7.97. The normalized spacial score (nSPS) is 14.1. The molecule has 1 aromatic carbocycles. The molecule has 2 aromatic rings. The SMILES string of the molecule is CC(COC(C)CC(C)(C)C)Cn1cc(-c2ccc(NC(=O)C(C)C)cc2)nn1. The monoisotopic (exact) mass is 400 g/mol. The van der Waals surface area contributed by atoms with Gasteiger partial charge in [0.25, 0.3) is 0 Å². The molecule has 1 amide bonds. The first-order valence-corrected chi connectivity index (χ1v) is 10.5. The average Bonchev–Trinajstić information content (AvgIpc) is 3.07. The van der Waals surface area contributed by atoms with Crippen molar-refractivity contribution in [1.29, 1.82) is 0 Å². The van der Waals surface area contributed by atoms with E-state index < -0.39 is 0 Å². The van der Waals surface area contributed by atoms with Gasteiger partial charge >= 0.3 is 0 Å². The maximum absolute atomic E-state index is 11.8. The Morgan fingerprint density at radius 3 is 2.38 bits per heavy atom. The maximum Gasteiger partial charge on any atom is 0.226 e. The summed E-state index contributed by atoms with van der Waals surface area (Å²) in [5.74, 6) is 0.314. The van der Waals surface area contributed by atoms with Crippen LogP contribution in [0, 0.1) is 17.3 Å². The summed E-state index contributed by atoms with van der Waals surface area (Å²) in [6, 6.07) is 7.68. The average molecular weight is 401 g/mol. The molecule has 160 valence electrons. The first kappa shape index (κ1) is 23.1. The lowest BCUT2D eigenvalue weighted by atomic mass is 9.90. The Labute approximate surface area is 175 Å². The number of ether oxygens (including phenoxy) is 1. The fourth-order valence-electron chi connectivity index (χ4n) is 3.15. The van der Waals surface area contributed by atoms with Gasteiger partial charge in [-0.1, -0.05) is 58.9 Å². The number of rotatable bonds is 9. The summed E-state index contributed by atoms with van der Waals surface area (Å²) in [7, 11) is 0. The molecule has 0 aliphatic carbocycles. The van der Waals surface area contributed by atoms with Crippen LogP contribution in [0.15, 0.2) is 30.5 Å². The van der Waals surface area contributed by atoms with Gasteiger partial charge in [0.05, 0.1) is 18.9 Å². The van der Waals surface area contributed by atoms with Gasteiger partial charge in [-0.05, 0) is 36.8 Å². The fraction of sp³-hybridized carbons (Fsp3) is 0.609. The molecule has 6 heteroatoms. The predicted octanol–water partition coefficient (Wildman–Crippen LogP) is 5.02. The van der Waals surface area contributed by atoms with E-state index in [-0.39, 0.29) is 23.3 Å². The Bertz CT molecular complexity index is 775. The number of amides is 1. The van der Waals surface area contributed by atoms with E-state index in [9.17, 15) is 4.79 Å². The number of aromatic nitrogens is 3. The van der Waals surface area contributed by atoms with Crippen LogP contribution in [0.3, 0.4) is 0 Å². The standard InChI is InChI=1S/C23H36N4O2/c1-16(2)22(28)24-20-10-8-19(9-11-20)21-14-27(26-25-21)13-17(3)15-29-18(4)12-23(5,6)7/h8-11,14,16-18H,12-13,15H2,1-7H3,(H,24,28). The molecule has 2 atom stereocenters. The van der Waals surface area contributed by atoms with Crippen molar-refractivity contribution in [3.8, 4) is 11.3 Å². The number of carbonyl (C=O) groups is 1. The van der Waals surface area contributed by atoms with Crippen molar-refractivity contribution in [1.82, 2.24) is 15.0 Å². The van der Waals surface area contributed by atoms with Crippen LogP contribution in [0.2, 0.25) is 0 Å². The summed E-state index contributed by atoms with van der Waals surface area (Å²) in [6.45, 7) is 16.2. The molecule has 0 radical (unpaired) electrons. The number of nitrogens with one attached hydrogen (secondary N) is 1. The summed E-state index contributed by atoms with van der Waals surface area (Å²) in [5.41, 5.74) is 2.86. The van der Waals surface area contributed by atoms with E-state index in [1.807, 2.05) is 49.0 Å². The molecule has 0 bridgehead atoms. The van der Waals surface area contributed by atoms with Gasteiger partial charge in [0.15, 0.2) is 0 Å². The van der Waals surface area contributed by atoms with E-state index in [0.29, 0.717) is 12.5 Å². The van der Waals surface area contributed by atoms with Crippen LogP contribution in [-0.2, 0) is 16.1 Å². The summed E-state index contributed by atoms with van der Waals surface area (Å²) in [6.07, 6.45) is 3.25. The number of benzene rings is 1. The van der Waals surface area contributed by atoms with Crippen LogP contribution in [-0.4, -0.2) is 33.6 Å². The third-order valence-electron chi connectivity index (χ3n) is 4.58. The lowest BCUT2D eigenvalue weighted by Gasteiger charge is -2.24. The van der Waals surface area contributed by atoms with Crippen LogP contribution >= 0.6 is 0 Å². The highest BCUT2D eigenvalue weighted by Crippen LogP contribution is 2.23. The minimum atomic E-state index is -0.0444. The molecule has 0 aliphatic rings. The zero-order valence-corrected chi connectivity index (χ0v) is 18.9. The van der Waals surface area contributed by atoms with Crippen LogP contribution in [0.1, 0.15) is 54.9 Å². The largest absolute Gasteiger partial charge is 0.378 e. The smallest absolute Gasteiger partial charge is 0.226 e. The van der Waals surface area contributed by atoms with E-state index in [1.165, 1.54) is 0 Å². The second-order valence-electron chi connectivity index (χ2n) is 9.56. The lowest BCUT2D eigenvalue weighted by Crippen LogP contribution is -2.22. The van der Waals surface area contributed by atoms with Crippen LogP contribution in [0.25, 0.3) is 11.3 Å². The van der Waals surface area contributed by atoms with E-state index >= 15 is 0 Å². The van der Waals surface area contributed by atoms with Crippen LogP contribution < -0.4 is 5.32 Å². The molecule has 0 saturated carbocycles. The quantitative estimate of drug-likeness (QED) is 0.642. The number of anilines is 1. The van der Waals surface area contributed by atoms with Crippen molar-refractivity contribution in [2.45, 2.75) is 67.5 Å². The Morgan fingerprint density at radius 1 is 1.14 bits per heavy atom. The third-order valence-corrected chi connectivity index (χ3v) is 4.58. The molecule has 1 aromatic heterocycles. The van der Waals surface area contributed by atoms with Crippen molar-refractivity contribution in [3.63, 3.8) is 0 Å². The van der Waals surface area contributed by atoms with E-state index in [1.54, 1.807) is 0 Å². The fourth-order valence-corrected chi connectivity index (χ4v) is 3.15. The van der Waals surface area contributed by atoms with Crippen molar-refractivity contribution in [3.05, 3.63) is 30.5 Å². The number of nitrogens with zero attached hydrogens (tertiary/aromatic N) is 3. The summed E-state index contributed by atoms with van der Waals surface area (Å²) in [4.78, 5) is 11.8. The molecular weight excluding hydrogens is 364 g/mol. The molecular formula is C23H36N4O2. The molecule has 0 saturated heterocycles. The molecule has 0 aliphatic heterocycles. The highest BCUT2D eigenvalue weighted by molar-refractivity contribution is 5.92. The van der Waals surface area contributed by atoms with Crippen molar-refractivity contribution >= 4 is 11.6 Å². The summed E-state index contributed by atoms with van der Waals surface area (Å²) >= 11 is 0. The van der Waals surface area contributed by atoms with E-state index in [0.717, 1.165) is 29.9 Å². The Morgan fingerprint density at radius 2 is 1.79 bits per heavy atom. The Balaban J connectivity index is 1.87. The molecule has 0 spiro atoms. The summed E-state index contributed by atoms with van der Waals surface area (Å²) in [5, 5.41) is 11.4. The van der Waals surface area contributed by atoms with Crippen molar-refractivity contribution < 1.29 is 9.53 Å². The zero-order valence-electron chi connectivity index (χ0n) is 18.9. The number of hydrogen-bond donors (Lipinski definition) is 1. The van der Waals surface area contributed by atoms with Gasteiger partial charge in [-0.15, -0.1) is 5.10 Å². The minimum Gasteiger partial charge on any atom is -0.378 e. The van der Waals surface area contributed by atoms with Gasteiger partial charge in [-0.2, -0.15) is 0 Å². The topological polar surface area (TPSA) is 69.0 Å². The molecule has 1 heterocycles. The van der Waals surface area contributed by atoms with Crippen LogP contribution in [0.4, 0.5) is 5.69 Å². The van der Waals surface area contributed by atoms with Crippen LogP contribution in [0.5, 0.6) is 0 Å². The lowest BCUT2D eigenvalue weighted by molar-refractivity contribution is -0.118. The molecule has 0 fully saturated rings. The minimum absolute atomic E-state index is 0.0109. The van der Waals surface area contributed by atoms with Crippen molar-refractivity contribution in [2.75, 3.05) is 11.9 Å². The molecule has 6 nitrogen and oxygen atoms in total. The highest BCUT2D eigenvalue weighted by atomic mass is 16.5. The molecule has 29 heavy (non-hydrogen) atoms. The van der Waals surface area contributed by atoms with Gasteiger partial charge in [0.2, 0.25) is 5.91 Å². The first-order valence-electron chi connectivity index (χ1n) is 10.5. The Kier molecular flexibility index (Phi) is 7.96. The predicted molar refractivity (Wildman–Crippen MR) is 118 cm³/mol. The van der Waals surface area contributed by atoms with Gasteiger partial charge in [-0.3, -0.25) is 9.48 Å². The van der Waals surface area contributed by atoms with E-state index in [2.05, 4.69) is 50.2 Å². The first-order chi connectivity index (χ1) is 13.5. The van der Waals surface area contributed by atoms with Crippen molar-refractivity contribution in [2.24, 2.45) is 17.3 Å². The second-order valence-corrected chi connectivity index (χ2v) is 9.56. The van der Waals surface area contributed by atoms with Gasteiger partial charge < -0.3 is 10.1 Å². The molecule has 2 rings (SSSR count). The van der Waals surface area contributed by atoms with Gasteiger partial charge in [0.1, 0.15) is 5.69 Å². The molecule has 2 unspecified atom stereocenters. The summed E-state index contributed by atoms with van der Waals surface area (Å²) < 4.78 is 7.88. The van der Waals surface area contributed by atoms with E-state index in [4.69, 9.17) is 4.74 Å². The van der Waals surface area contributed by atoms with Gasteiger partial charge in [-0.25, -0.2) is 0 Å². The number of hydrogen-bond acceptors (Lipinski definition) is 4. The molecule has 1 N–H and O–H groups in total. The zero-order chi connectivity index (χ0) is 21.6.